The highest BCUT2D eigenvalue weighted by Crippen LogP contribution is 2.24. The molecule has 1 fully saturated rings. The zero-order chi connectivity index (χ0) is 14.7. The molecule has 0 saturated carbocycles. The van der Waals surface area contributed by atoms with Crippen molar-refractivity contribution < 1.29 is 14.3 Å². The molecule has 20 heavy (non-hydrogen) atoms. The fourth-order valence-electron chi connectivity index (χ4n) is 2.44. The van der Waals surface area contributed by atoms with Crippen LogP contribution >= 0.6 is 11.6 Å². The van der Waals surface area contributed by atoms with E-state index in [4.69, 9.17) is 11.6 Å². The largest absolute Gasteiger partial charge is 0.394 e. The first-order valence-electron chi connectivity index (χ1n) is 6.57. The van der Waals surface area contributed by atoms with Crippen molar-refractivity contribution in [1.82, 2.24) is 4.90 Å². The van der Waals surface area contributed by atoms with E-state index in [9.17, 15) is 14.3 Å². The Morgan fingerprint density at radius 2 is 2.35 bits per heavy atom. The van der Waals surface area contributed by atoms with Gasteiger partial charge in [-0.15, -0.1) is 0 Å². The SMILES string of the molecule is CC1CCN(C(=O)/C=C/c2ccc(F)c(Cl)c2)C1CO. The molecule has 5 heteroatoms. The molecule has 3 nitrogen and oxygen atoms in total. The lowest BCUT2D eigenvalue weighted by molar-refractivity contribution is -0.127. The molecule has 1 saturated heterocycles. The summed E-state index contributed by atoms with van der Waals surface area (Å²) < 4.78 is 13.0. The lowest BCUT2D eigenvalue weighted by Gasteiger charge is -2.23. The topological polar surface area (TPSA) is 40.5 Å². The molecule has 1 aromatic carbocycles. The van der Waals surface area contributed by atoms with Crippen molar-refractivity contribution in [3.8, 4) is 0 Å². The second kappa shape index (κ2) is 6.37. The summed E-state index contributed by atoms with van der Waals surface area (Å²) in [6.45, 7) is 2.65. The average Bonchev–Trinajstić information content (AvgIpc) is 2.80. The average molecular weight is 298 g/mol. The third-order valence-corrected chi connectivity index (χ3v) is 4.00. The van der Waals surface area contributed by atoms with Crippen molar-refractivity contribution >= 4 is 23.6 Å². The Labute approximate surface area is 122 Å². The van der Waals surface area contributed by atoms with Crippen LogP contribution in [-0.2, 0) is 4.79 Å². The number of likely N-dealkylation sites (tertiary alicyclic amines) is 1. The number of nitrogens with zero attached hydrogens (tertiary/aromatic N) is 1. The van der Waals surface area contributed by atoms with Gasteiger partial charge in [-0.2, -0.15) is 0 Å². The minimum absolute atomic E-state index is 0.0247. The zero-order valence-corrected chi connectivity index (χ0v) is 12.0. The number of rotatable bonds is 3. The van der Waals surface area contributed by atoms with E-state index in [1.807, 2.05) is 6.92 Å². The van der Waals surface area contributed by atoms with E-state index in [0.717, 1.165) is 6.42 Å². The van der Waals surface area contributed by atoms with Crippen LogP contribution in [-0.4, -0.2) is 35.1 Å². The highest BCUT2D eigenvalue weighted by atomic mass is 35.5. The number of benzene rings is 1. The maximum Gasteiger partial charge on any atom is 0.246 e. The number of aliphatic hydroxyl groups is 1. The van der Waals surface area contributed by atoms with Crippen LogP contribution in [0, 0.1) is 11.7 Å². The van der Waals surface area contributed by atoms with Gasteiger partial charge in [0.05, 0.1) is 17.7 Å². The van der Waals surface area contributed by atoms with Gasteiger partial charge >= 0.3 is 0 Å². The maximum absolute atomic E-state index is 13.0. The van der Waals surface area contributed by atoms with Gasteiger partial charge in [0.25, 0.3) is 0 Å². The number of carbonyl (C=O) groups excluding carboxylic acids is 1. The lowest BCUT2D eigenvalue weighted by atomic mass is 10.0. The normalized spacial score (nSPS) is 22.7. The molecule has 0 aliphatic carbocycles. The van der Waals surface area contributed by atoms with Crippen LogP contribution in [0.2, 0.25) is 5.02 Å². The fraction of sp³-hybridized carbons (Fsp3) is 0.400. The van der Waals surface area contributed by atoms with Gasteiger partial charge in [-0.3, -0.25) is 4.79 Å². The van der Waals surface area contributed by atoms with E-state index in [0.29, 0.717) is 18.0 Å². The Hall–Kier alpha value is -1.39. The van der Waals surface area contributed by atoms with Crippen LogP contribution in [0.15, 0.2) is 24.3 Å². The molecule has 1 N–H and O–H groups in total. The molecular weight excluding hydrogens is 281 g/mol. The van der Waals surface area contributed by atoms with Gasteiger partial charge in [-0.05, 0) is 36.1 Å². The Morgan fingerprint density at radius 1 is 1.60 bits per heavy atom. The predicted molar refractivity (Wildman–Crippen MR) is 76.8 cm³/mol. The first kappa shape index (κ1) is 15.0. The fourth-order valence-corrected chi connectivity index (χ4v) is 2.63. The summed E-state index contributed by atoms with van der Waals surface area (Å²) in [5.74, 6) is -0.324. The van der Waals surface area contributed by atoms with Gasteiger partial charge in [0.1, 0.15) is 5.82 Å². The number of amides is 1. The van der Waals surface area contributed by atoms with E-state index in [-0.39, 0.29) is 23.6 Å². The van der Waals surface area contributed by atoms with Crippen LogP contribution in [0.3, 0.4) is 0 Å². The lowest BCUT2D eigenvalue weighted by Crippen LogP contribution is -2.38. The van der Waals surface area contributed by atoms with Crippen molar-refractivity contribution in [2.45, 2.75) is 19.4 Å². The van der Waals surface area contributed by atoms with Crippen molar-refractivity contribution in [3.63, 3.8) is 0 Å². The highest BCUT2D eigenvalue weighted by molar-refractivity contribution is 6.30. The second-order valence-electron chi connectivity index (χ2n) is 5.05. The molecule has 0 radical (unpaired) electrons. The van der Waals surface area contributed by atoms with Crippen molar-refractivity contribution in [2.75, 3.05) is 13.2 Å². The zero-order valence-electron chi connectivity index (χ0n) is 11.2. The second-order valence-corrected chi connectivity index (χ2v) is 5.46. The first-order valence-corrected chi connectivity index (χ1v) is 6.95. The molecule has 1 aromatic rings. The summed E-state index contributed by atoms with van der Waals surface area (Å²) in [7, 11) is 0. The predicted octanol–water partition coefficient (Wildman–Crippen LogP) is 2.72. The van der Waals surface area contributed by atoms with Gasteiger partial charge in [0, 0.05) is 12.6 Å². The molecule has 2 atom stereocenters. The van der Waals surface area contributed by atoms with E-state index in [1.165, 1.54) is 18.2 Å². The summed E-state index contributed by atoms with van der Waals surface area (Å²) in [6.07, 6.45) is 3.93. The highest BCUT2D eigenvalue weighted by Gasteiger charge is 2.32. The van der Waals surface area contributed by atoms with Crippen molar-refractivity contribution in [2.24, 2.45) is 5.92 Å². The molecular formula is C15H17ClFNO2. The molecule has 1 amide bonds. The standard InChI is InChI=1S/C15H17ClFNO2/c1-10-6-7-18(14(10)9-19)15(20)5-3-11-2-4-13(17)12(16)8-11/h2-5,8,10,14,19H,6-7,9H2,1H3/b5-3+. The molecule has 0 bridgehead atoms. The molecule has 0 spiro atoms. The molecule has 2 rings (SSSR count). The maximum atomic E-state index is 13.0. The summed E-state index contributed by atoms with van der Waals surface area (Å²) in [5, 5.41) is 9.36. The quantitative estimate of drug-likeness (QED) is 0.872. The Balaban J connectivity index is 2.07. The number of hydrogen-bond acceptors (Lipinski definition) is 2. The van der Waals surface area contributed by atoms with E-state index < -0.39 is 5.82 Å². The van der Waals surface area contributed by atoms with Crippen LogP contribution in [0.5, 0.6) is 0 Å². The number of aliphatic hydroxyl groups excluding tert-OH is 1. The third-order valence-electron chi connectivity index (χ3n) is 3.71. The van der Waals surface area contributed by atoms with Crippen molar-refractivity contribution in [1.29, 1.82) is 0 Å². The molecule has 1 heterocycles. The van der Waals surface area contributed by atoms with Gasteiger partial charge in [0.2, 0.25) is 5.91 Å². The van der Waals surface area contributed by atoms with E-state index in [2.05, 4.69) is 0 Å². The van der Waals surface area contributed by atoms with E-state index >= 15 is 0 Å². The molecule has 1 aliphatic heterocycles. The number of halogens is 2. The monoisotopic (exact) mass is 297 g/mol. The smallest absolute Gasteiger partial charge is 0.246 e. The van der Waals surface area contributed by atoms with E-state index in [1.54, 1.807) is 17.0 Å². The minimum atomic E-state index is -0.483. The first-order chi connectivity index (χ1) is 9.52. The van der Waals surface area contributed by atoms with Crippen LogP contribution in [0.4, 0.5) is 4.39 Å². The number of hydrogen-bond donors (Lipinski definition) is 1. The Kier molecular flexibility index (Phi) is 4.78. The van der Waals surface area contributed by atoms with Crippen LogP contribution < -0.4 is 0 Å². The third kappa shape index (κ3) is 3.19. The molecule has 0 aromatic heterocycles. The van der Waals surface area contributed by atoms with Gasteiger partial charge in [-0.25, -0.2) is 4.39 Å². The Bertz CT molecular complexity index is 533. The summed E-state index contributed by atoms with van der Waals surface area (Å²) in [5.41, 5.74) is 0.664. The minimum Gasteiger partial charge on any atom is -0.394 e. The summed E-state index contributed by atoms with van der Waals surface area (Å²) in [6, 6.07) is 4.17. The molecule has 108 valence electrons. The van der Waals surface area contributed by atoms with Gasteiger partial charge in [-0.1, -0.05) is 24.6 Å². The summed E-state index contributed by atoms with van der Waals surface area (Å²) >= 11 is 5.68. The van der Waals surface area contributed by atoms with Crippen LogP contribution in [0.25, 0.3) is 6.08 Å². The molecule has 1 aliphatic rings. The van der Waals surface area contributed by atoms with Gasteiger partial charge in [0.15, 0.2) is 0 Å². The van der Waals surface area contributed by atoms with Gasteiger partial charge < -0.3 is 10.0 Å². The van der Waals surface area contributed by atoms with Crippen molar-refractivity contribution in [3.05, 3.63) is 40.7 Å². The number of carbonyl (C=O) groups is 1. The van der Waals surface area contributed by atoms with Crippen LogP contribution in [0.1, 0.15) is 18.9 Å². The molecule has 2 unspecified atom stereocenters. The summed E-state index contributed by atoms with van der Waals surface area (Å²) in [4.78, 5) is 13.8. The Morgan fingerprint density at radius 3 is 3.00 bits per heavy atom.